The minimum atomic E-state index is -3.17. The Balaban J connectivity index is 2.20. The second kappa shape index (κ2) is 8.62. The Morgan fingerprint density at radius 2 is 1.90 bits per heavy atom. The van der Waals surface area contributed by atoms with Crippen molar-refractivity contribution < 1.29 is 18.3 Å². The summed E-state index contributed by atoms with van der Waals surface area (Å²) in [6, 6.07) is 0. The smallest absolute Gasteiger partial charge is 0.303 e. The standard InChI is InChI=1S/C14H27NO4S/c1-12(7-8-14(16)17)9-10-15-20(18,19)11-13-5-3-2-4-6-13/h12-13,15H,2-11H2,1H3,(H,16,17). The van der Waals surface area contributed by atoms with Crippen molar-refractivity contribution in [1.82, 2.24) is 4.72 Å². The third kappa shape index (κ3) is 7.85. The fourth-order valence-electron chi connectivity index (χ4n) is 2.70. The number of aliphatic carboxylic acids is 1. The van der Waals surface area contributed by atoms with Crippen molar-refractivity contribution in [1.29, 1.82) is 0 Å². The topological polar surface area (TPSA) is 83.5 Å². The Hall–Kier alpha value is -0.620. The van der Waals surface area contributed by atoms with Gasteiger partial charge in [-0.2, -0.15) is 0 Å². The average Bonchev–Trinajstić information content (AvgIpc) is 2.36. The lowest BCUT2D eigenvalue weighted by Gasteiger charge is -2.21. The van der Waals surface area contributed by atoms with Crippen LogP contribution in [0.1, 0.15) is 58.3 Å². The summed E-state index contributed by atoms with van der Waals surface area (Å²) in [6.45, 7) is 2.37. The first-order valence-electron chi connectivity index (χ1n) is 7.58. The zero-order chi connectivity index (χ0) is 15.0. The molecule has 1 unspecified atom stereocenters. The molecule has 0 heterocycles. The number of nitrogens with one attached hydrogen (secondary N) is 1. The van der Waals surface area contributed by atoms with Crippen molar-refractivity contribution in [2.75, 3.05) is 12.3 Å². The molecule has 0 spiro atoms. The molecule has 20 heavy (non-hydrogen) atoms. The molecule has 0 aromatic rings. The van der Waals surface area contributed by atoms with Crippen LogP contribution in [-0.4, -0.2) is 31.8 Å². The fraction of sp³-hybridized carbons (Fsp3) is 0.929. The third-order valence-corrected chi connectivity index (χ3v) is 5.54. The van der Waals surface area contributed by atoms with Crippen molar-refractivity contribution in [3.63, 3.8) is 0 Å². The highest BCUT2D eigenvalue weighted by Crippen LogP contribution is 2.24. The first kappa shape index (κ1) is 17.4. The predicted molar refractivity (Wildman–Crippen MR) is 79.0 cm³/mol. The molecule has 1 aliphatic rings. The van der Waals surface area contributed by atoms with Gasteiger partial charge >= 0.3 is 5.97 Å². The van der Waals surface area contributed by atoms with Crippen LogP contribution < -0.4 is 4.72 Å². The maximum Gasteiger partial charge on any atom is 0.303 e. The zero-order valence-electron chi connectivity index (χ0n) is 12.3. The maximum atomic E-state index is 11.9. The summed E-state index contributed by atoms with van der Waals surface area (Å²) in [7, 11) is -3.17. The summed E-state index contributed by atoms with van der Waals surface area (Å²) in [6.07, 6.45) is 7.00. The van der Waals surface area contributed by atoms with Gasteiger partial charge in [0, 0.05) is 13.0 Å². The Morgan fingerprint density at radius 1 is 1.25 bits per heavy atom. The summed E-state index contributed by atoms with van der Waals surface area (Å²) in [5.74, 6) is -0.0137. The minimum Gasteiger partial charge on any atom is -0.481 e. The summed E-state index contributed by atoms with van der Waals surface area (Å²) in [5.41, 5.74) is 0. The van der Waals surface area contributed by atoms with E-state index in [1.165, 1.54) is 6.42 Å². The van der Waals surface area contributed by atoms with E-state index in [9.17, 15) is 13.2 Å². The molecule has 1 fully saturated rings. The fourth-order valence-corrected chi connectivity index (χ4v) is 4.20. The first-order chi connectivity index (χ1) is 9.39. The van der Waals surface area contributed by atoms with Crippen LogP contribution in [-0.2, 0) is 14.8 Å². The lowest BCUT2D eigenvalue weighted by atomic mass is 9.91. The zero-order valence-corrected chi connectivity index (χ0v) is 13.1. The van der Waals surface area contributed by atoms with Crippen molar-refractivity contribution in [3.8, 4) is 0 Å². The Labute approximate surface area is 122 Å². The summed E-state index contributed by atoms with van der Waals surface area (Å²) in [4.78, 5) is 10.4. The van der Waals surface area contributed by atoms with Crippen molar-refractivity contribution in [2.45, 2.75) is 58.3 Å². The minimum absolute atomic E-state index is 0.149. The number of hydrogen-bond donors (Lipinski definition) is 2. The van der Waals surface area contributed by atoms with Gasteiger partial charge in [-0.3, -0.25) is 4.79 Å². The lowest BCUT2D eigenvalue weighted by Crippen LogP contribution is -2.32. The molecule has 0 radical (unpaired) electrons. The molecular formula is C14H27NO4S. The Morgan fingerprint density at radius 3 is 2.50 bits per heavy atom. The third-order valence-electron chi connectivity index (χ3n) is 3.99. The van der Waals surface area contributed by atoms with E-state index in [0.717, 1.165) is 25.7 Å². The predicted octanol–water partition coefficient (Wildman–Crippen LogP) is 2.38. The Kier molecular flexibility index (Phi) is 7.51. The number of carbonyl (C=O) groups is 1. The molecule has 0 aromatic heterocycles. The molecule has 1 rings (SSSR count). The van der Waals surface area contributed by atoms with Gasteiger partial charge in [-0.15, -0.1) is 0 Å². The molecule has 0 bridgehead atoms. The number of hydrogen-bond acceptors (Lipinski definition) is 3. The van der Waals surface area contributed by atoms with Gasteiger partial charge in [0.2, 0.25) is 10.0 Å². The number of sulfonamides is 1. The monoisotopic (exact) mass is 305 g/mol. The molecule has 0 amide bonds. The molecule has 0 aromatic carbocycles. The molecule has 118 valence electrons. The normalized spacial score (nSPS) is 18.9. The molecule has 6 heteroatoms. The quantitative estimate of drug-likeness (QED) is 0.685. The van der Waals surface area contributed by atoms with E-state index in [2.05, 4.69) is 4.72 Å². The molecule has 1 atom stereocenters. The van der Waals surface area contributed by atoms with Gasteiger partial charge in [-0.1, -0.05) is 26.2 Å². The highest BCUT2D eigenvalue weighted by atomic mass is 32.2. The van der Waals surface area contributed by atoms with Crippen molar-refractivity contribution in [2.24, 2.45) is 11.8 Å². The second-order valence-electron chi connectivity index (χ2n) is 6.01. The van der Waals surface area contributed by atoms with E-state index in [-0.39, 0.29) is 18.1 Å². The van der Waals surface area contributed by atoms with Gasteiger partial charge in [0.1, 0.15) is 0 Å². The molecule has 5 nitrogen and oxygen atoms in total. The van der Waals surface area contributed by atoms with Crippen LogP contribution in [0.4, 0.5) is 0 Å². The Bertz CT molecular complexity index is 388. The molecule has 1 saturated carbocycles. The van der Waals surface area contributed by atoms with E-state index < -0.39 is 16.0 Å². The SMILES string of the molecule is CC(CCNS(=O)(=O)CC1CCCCC1)CCC(=O)O. The lowest BCUT2D eigenvalue weighted by molar-refractivity contribution is -0.137. The van der Waals surface area contributed by atoms with Gasteiger partial charge in [0.05, 0.1) is 5.75 Å². The maximum absolute atomic E-state index is 11.9. The summed E-state index contributed by atoms with van der Waals surface area (Å²) in [5, 5.41) is 8.59. The van der Waals surface area contributed by atoms with Crippen molar-refractivity contribution >= 4 is 16.0 Å². The number of carboxylic acids is 1. The molecule has 0 saturated heterocycles. The molecule has 2 N–H and O–H groups in total. The van der Waals surface area contributed by atoms with Crippen LogP contribution in [0.3, 0.4) is 0 Å². The van der Waals surface area contributed by atoms with Crippen LogP contribution in [0.5, 0.6) is 0 Å². The van der Waals surface area contributed by atoms with Gasteiger partial charge in [0.25, 0.3) is 0 Å². The number of carboxylic acid groups (broad SMARTS) is 1. The van der Waals surface area contributed by atoms with E-state index in [1.807, 2.05) is 6.92 Å². The largest absolute Gasteiger partial charge is 0.481 e. The van der Waals surface area contributed by atoms with Gasteiger partial charge in [0.15, 0.2) is 0 Å². The van der Waals surface area contributed by atoms with Crippen LogP contribution in [0.2, 0.25) is 0 Å². The summed E-state index contributed by atoms with van der Waals surface area (Å²) < 4.78 is 26.5. The summed E-state index contributed by atoms with van der Waals surface area (Å²) >= 11 is 0. The van der Waals surface area contributed by atoms with Gasteiger partial charge in [-0.25, -0.2) is 13.1 Å². The van der Waals surface area contributed by atoms with E-state index >= 15 is 0 Å². The van der Waals surface area contributed by atoms with Crippen LogP contribution in [0.25, 0.3) is 0 Å². The average molecular weight is 305 g/mol. The van der Waals surface area contributed by atoms with Crippen LogP contribution in [0.15, 0.2) is 0 Å². The highest BCUT2D eigenvalue weighted by Gasteiger charge is 2.21. The van der Waals surface area contributed by atoms with Crippen LogP contribution in [0, 0.1) is 11.8 Å². The molecular weight excluding hydrogens is 278 g/mol. The van der Waals surface area contributed by atoms with E-state index in [0.29, 0.717) is 25.3 Å². The molecule has 0 aliphatic heterocycles. The second-order valence-corrected chi connectivity index (χ2v) is 7.86. The van der Waals surface area contributed by atoms with Gasteiger partial charge < -0.3 is 5.11 Å². The first-order valence-corrected chi connectivity index (χ1v) is 9.23. The van der Waals surface area contributed by atoms with E-state index in [4.69, 9.17) is 5.11 Å². The van der Waals surface area contributed by atoms with Gasteiger partial charge in [-0.05, 0) is 37.5 Å². The number of rotatable bonds is 9. The van der Waals surface area contributed by atoms with Crippen molar-refractivity contribution in [3.05, 3.63) is 0 Å². The highest BCUT2D eigenvalue weighted by molar-refractivity contribution is 7.89. The van der Waals surface area contributed by atoms with Crippen LogP contribution >= 0.6 is 0 Å². The van der Waals surface area contributed by atoms with E-state index in [1.54, 1.807) is 0 Å². The molecule has 1 aliphatic carbocycles.